The number of amides is 2. The average molecular weight is 541 g/mol. The van der Waals surface area contributed by atoms with E-state index in [1.807, 2.05) is 30.3 Å². The summed E-state index contributed by atoms with van der Waals surface area (Å²) in [5, 5.41) is 0.214. The van der Waals surface area contributed by atoms with E-state index in [9.17, 15) is 9.59 Å². The lowest BCUT2D eigenvalue weighted by Gasteiger charge is -2.34. The zero-order chi connectivity index (χ0) is 27.8. The summed E-state index contributed by atoms with van der Waals surface area (Å²) >= 11 is 6.65. The van der Waals surface area contributed by atoms with E-state index >= 15 is 4.39 Å². The molecule has 9 heteroatoms. The molecule has 0 saturated heterocycles. The summed E-state index contributed by atoms with van der Waals surface area (Å²) in [5.74, 6) is -1.18. The van der Waals surface area contributed by atoms with Crippen molar-refractivity contribution in [2.75, 3.05) is 20.7 Å². The lowest BCUT2D eigenvalue weighted by atomic mass is 9.85. The molecule has 1 unspecified atom stereocenters. The van der Waals surface area contributed by atoms with Crippen LogP contribution in [0.5, 0.6) is 11.5 Å². The van der Waals surface area contributed by atoms with Crippen LogP contribution in [0.15, 0.2) is 54.6 Å². The van der Waals surface area contributed by atoms with E-state index in [0.29, 0.717) is 11.3 Å². The highest BCUT2D eigenvalue weighted by Crippen LogP contribution is 2.50. The molecule has 200 valence electrons. The molecule has 1 aliphatic rings. The van der Waals surface area contributed by atoms with Crippen molar-refractivity contribution in [3.05, 3.63) is 82.1 Å². The maximum atomic E-state index is 15.7. The summed E-state index contributed by atoms with van der Waals surface area (Å²) in [5.41, 5.74) is 5.46. The van der Waals surface area contributed by atoms with E-state index in [0.717, 1.165) is 5.56 Å². The van der Waals surface area contributed by atoms with Crippen LogP contribution in [-0.2, 0) is 16.8 Å². The molecule has 38 heavy (non-hydrogen) atoms. The summed E-state index contributed by atoms with van der Waals surface area (Å²) in [6.07, 6.45) is -0.287. The van der Waals surface area contributed by atoms with Crippen molar-refractivity contribution in [3.8, 4) is 22.6 Å². The van der Waals surface area contributed by atoms with Gasteiger partial charge in [-0.2, -0.15) is 0 Å². The molecule has 3 aromatic rings. The molecule has 0 bridgehead atoms. The minimum absolute atomic E-state index is 0.0401. The number of nitrogens with two attached hydrogens (primary N) is 1. The zero-order valence-electron chi connectivity index (χ0n) is 21.9. The molecule has 3 aromatic carbocycles. The van der Waals surface area contributed by atoms with Crippen molar-refractivity contribution in [2.24, 2.45) is 5.73 Å². The van der Waals surface area contributed by atoms with Gasteiger partial charge in [-0.1, -0.05) is 41.9 Å². The lowest BCUT2D eigenvalue weighted by molar-refractivity contribution is 0.00582. The number of hydrogen-bond donors (Lipinski definition) is 1. The topological polar surface area (TPSA) is 91.1 Å². The van der Waals surface area contributed by atoms with Crippen molar-refractivity contribution in [1.29, 1.82) is 0 Å². The molecule has 0 spiro atoms. The maximum absolute atomic E-state index is 15.7. The number of carbonyl (C=O) groups excluding carboxylic acids is 2. The quantitative estimate of drug-likeness (QED) is 0.417. The standard InChI is InChI=1S/C29H30ClFN2O5/c1-28(2,3)38-27(35)33(4)16-29(17-9-7-6-8-10-17)15-19-21(37-29)14-12-20(30)23(19)24-18(26(32)34)11-13-22(36-5)25(24)31/h6-14H,15-16H2,1-5H3,(H2,32,34). The fourth-order valence-corrected chi connectivity index (χ4v) is 4.98. The molecule has 0 aromatic heterocycles. The highest BCUT2D eigenvalue weighted by atomic mass is 35.5. The van der Waals surface area contributed by atoms with Crippen LogP contribution in [0.4, 0.5) is 9.18 Å². The third-order valence-electron chi connectivity index (χ3n) is 6.33. The van der Waals surface area contributed by atoms with Crippen LogP contribution in [0.3, 0.4) is 0 Å². The molecular weight excluding hydrogens is 511 g/mol. The van der Waals surface area contributed by atoms with E-state index in [1.54, 1.807) is 40.0 Å². The monoisotopic (exact) mass is 540 g/mol. The van der Waals surface area contributed by atoms with Crippen molar-refractivity contribution < 1.29 is 28.2 Å². The summed E-state index contributed by atoms with van der Waals surface area (Å²) in [6, 6.07) is 15.5. The van der Waals surface area contributed by atoms with E-state index in [2.05, 4.69) is 0 Å². The van der Waals surface area contributed by atoms with Gasteiger partial charge < -0.3 is 24.8 Å². The van der Waals surface area contributed by atoms with Gasteiger partial charge in [0.15, 0.2) is 17.2 Å². The Kier molecular flexibility index (Phi) is 7.30. The smallest absolute Gasteiger partial charge is 0.410 e. The normalized spacial score (nSPS) is 16.4. The van der Waals surface area contributed by atoms with Gasteiger partial charge in [0, 0.05) is 35.2 Å². The molecule has 1 aliphatic heterocycles. The van der Waals surface area contributed by atoms with Gasteiger partial charge in [-0.3, -0.25) is 4.79 Å². The first-order valence-corrected chi connectivity index (χ1v) is 12.4. The number of methoxy groups -OCH3 is 1. The molecule has 2 amide bonds. The number of likely N-dealkylation sites (N-methyl/N-ethyl adjacent to an activating group) is 1. The van der Waals surface area contributed by atoms with Gasteiger partial charge in [0.05, 0.1) is 19.2 Å². The number of rotatable bonds is 6. The third-order valence-corrected chi connectivity index (χ3v) is 6.64. The summed E-state index contributed by atoms with van der Waals surface area (Å²) < 4.78 is 33.0. The van der Waals surface area contributed by atoms with Crippen molar-refractivity contribution >= 4 is 23.6 Å². The molecule has 2 N–H and O–H groups in total. The van der Waals surface area contributed by atoms with Gasteiger partial charge in [0.1, 0.15) is 11.4 Å². The Labute approximate surface area is 226 Å². The minimum Gasteiger partial charge on any atom is -0.494 e. The Bertz CT molecular complexity index is 1390. The first-order chi connectivity index (χ1) is 17.9. The fourth-order valence-electron chi connectivity index (χ4n) is 4.71. The van der Waals surface area contributed by atoms with Crippen molar-refractivity contribution in [3.63, 3.8) is 0 Å². The Hall–Kier alpha value is -3.78. The van der Waals surface area contributed by atoms with E-state index in [4.69, 9.17) is 31.5 Å². The van der Waals surface area contributed by atoms with Crippen molar-refractivity contribution in [1.82, 2.24) is 4.90 Å². The predicted octanol–water partition coefficient (Wildman–Crippen LogP) is 5.95. The number of halogens is 2. The first kappa shape index (κ1) is 27.3. The van der Waals surface area contributed by atoms with Crippen LogP contribution in [-0.4, -0.2) is 43.2 Å². The summed E-state index contributed by atoms with van der Waals surface area (Å²) in [4.78, 5) is 26.7. The molecule has 0 aliphatic carbocycles. The van der Waals surface area contributed by atoms with E-state index < -0.39 is 29.0 Å². The van der Waals surface area contributed by atoms with Gasteiger partial charge in [-0.15, -0.1) is 0 Å². The van der Waals surface area contributed by atoms with Crippen LogP contribution in [0.1, 0.15) is 42.3 Å². The number of ether oxygens (including phenoxy) is 3. The van der Waals surface area contributed by atoms with Crippen molar-refractivity contribution in [2.45, 2.75) is 38.4 Å². The largest absolute Gasteiger partial charge is 0.494 e. The highest BCUT2D eigenvalue weighted by Gasteiger charge is 2.45. The molecule has 4 rings (SSSR count). The Morgan fingerprint density at radius 2 is 1.79 bits per heavy atom. The maximum Gasteiger partial charge on any atom is 0.410 e. The molecule has 1 heterocycles. The second-order valence-electron chi connectivity index (χ2n) is 10.2. The molecule has 1 atom stereocenters. The van der Waals surface area contributed by atoms with Crippen LogP contribution >= 0.6 is 11.6 Å². The molecule has 7 nitrogen and oxygen atoms in total. The highest BCUT2D eigenvalue weighted by molar-refractivity contribution is 6.34. The second kappa shape index (κ2) is 10.2. The zero-order valence-corrected chi connectivity index (χ0v) is 22.7. The number of carbonyl (C=O) groups is 2. The SMILES string of the molecule is COc1ccc(C(N)=O)c(-c2c(Cl)ccc3c2CC(CN(C)C(=O)OC(C)(C)C)(c2ccccc2)O3)c1F. The van der Waals surface area contributed by atoms with E-state index in [-0.39, 0.29) is 40.4 Å². The van der Waals surface area contributed by atoms with Crippen LogP contribution in [0.2, 0.25) is 5.02 Å². The van der Waals surface area contributed by atoms with Gasteiger partial charge in [0.25, 0.3) is 0 Å². The minimum atomic E-state index is -1.04. The number of nitrogens with zero attached hydrogens (tertiary/aromatic N) is 1. The van der Waals surface area contributed by atoms with Crippen LogP contribution < -0.4 is 15.2 Å². The average Bonchev–Trinajstić information content (AvgIpc) is 3.23. The Morgan fingerprint density at radius 1 is 1.11 bits per heavy atom. The lowest BCUT2D eigenvalue weighted by Crippen LogP contribution is -2.46. The van der Waals surface area contributed by atoms with Gasteiger partial charge >= 0.3 is 6.09 Å². The van der Waals surface area contributed by atoms with Gasteiger partial charge in [0.2, 0.25) is 5.91 Å². The molecule has 0 saturated carbocycles. The predicted molar refractivity (Wildman–Crippen MR) is 143 cm³/mol. The fraction of sp³-hybridized carbons (Fsp3) is 0.310. The van der Waals surface area contributed by atoms with E-state index in [1.165, 1.54) is 24.1 Å². The number of hydrogen-bond acceptors (Lipinski definition) is 5. The molecule has 0 radical (unpaired) electrons. The van der Waals surface area contributed by atoms with Gasteiger partial charge in [-0.05, 0) is 50.6 Å². The number of fused-ring (bicyclic) bond motifs is 1. The third kappa shape index (κ3) is 5.13. The van der Waals surface area contributed by atoms with Crippen LogP contribution in [0, 0.1) is 5.82 Å². The van der Waals surface area contributed by atoms with Gasteiger partial charge in [-0.25, -0.2) is 9.18 Å². The van der Waals surface area contributed by atoms with Crippen LogP contribution in [0.25, 0.3) is 11.1 Å². The number of benzene rings is 3. The summed E-state index contributed by atoms with van der Waals surface area (Å²) in [7, 11) is 2.96. The second-order valence-corrected chi connectivity index (χ2v) is 10.7. The Morgan fingerprint density at radius 3 is 2.39 bits per heavy atom. The first-order valence-electron chi connectivity index (χ1n) is 12.0. The number of primary amides is 1. The Balaban J connectivity index is 1.87. The molecular formula is C29H30ClFN2O5. The molecule has 0 fully saturated rings. The summed E-state index contributed by atoms with van der Waals surface area (Å²) in [6.45, 7) is 5.50.